The largest absolute Gasteiger partial charge is 0.497 e. The summed E-state index contributed by atoms with van der Waals surface area (Å²) in [7, 11) is 1.53. The van der Waals surface area contributed by atoms with Gasteiger partial charge in [-0.1, -0.05) is 22.9 Å². The van der Waals surface area contributed by atoms with Crippen molar-refractivity contribution in [2.75, 3.05) is 23.9 Å². The number of anilines is 2. The Morgan fingerprint density at radius 2 is 1.90 bits per heavy atom. The average Bonchev–Trinajstić information content (AvgIpc) is 3.24. The number of ether oxygens (including phenoxy) is 1. The molecule has 0 radical (unpaired) electrons. The third kappa shape index (κ3) is 3.48. The summed E-state index contributed by atoms with van der Waals surface area (Å²) in [6, 6.07) is 9.85. The number of hydrogen-bond acceptors (Lipinski definition) is 7. The van der Waals surface area contributed by atoms with Gasteiger partial charge in [0.05, 0.1) is 23.5 Å². The van der Waals surface area contributed by atoms with Crippen LogP contribution in [0.2, 0.25) is 5.02 Å². The van der Waals surface area contributed by atoms with Gasteiger partial charge in [0.15, 0.2) is 12.1 Å². The van der Waals surface area contributed by atoms with Crippen molar-refractivity contribution in [2.24, 2.45) is 10.3 Å². The van der Waals surface area contributed by atoms with Gasteiger partial charge in [-0.3, -0.25) is 19.4 Å². The third-order valence-electron chi connectivity index (χ3n) is 4.89. The smallest absolute Gasteiger partial charge is 0.263 e. The third-order valence-corrected chi connectivity index (χ3v) is 5.21. The van der Waals surface area contributed by atoms with Gasteiger partial charge in [-0.2, -0.15) is 5.11 Å². The SMILES string of the molecule is COc1ccc(N2C(=O)C3N=NN(CC(=O)Nc4ccc(C)cc4Cl)C3C2=O)cc1. The highest BCUT2D eigenvalue weighted by Crippen LogP contribution is 2.32. The van der Waals surface area contributed by atoms with Gasteiger partial charge in [-0.25, -0.2) is 4.90 Å². The van der Waals surface area contributed by atoms with E-state index in [1.54, 1.807) is 36.4 Å². The van der Waals surface area contributed by atoms with Gasteiger partial charge in [0.2, 0.25) is 5.91 Å². The van der Waals surface area contributed by atoms with Crippen molar-refractivity contribution in [3.63, 3.8) is 0 Å². The molecular weight excluding hydrogens is 410 g/mol. The van der Waals surface area contributed by atoms with E-state index >= 15 is 0 Å². The van der Waals surface area contributed by atoms with Crippen LogP contribution in [0.1, 0.15) is 5.56 Å². The fourth-order valence-corrected chi connectivity index (χ4v) is 3.68. The topological polar surface area (TPSA) is 104 Å². The number of benzene rings is 2. The van der Waals surface area contributed by atoms with E-state index < -0.39 is 29.8 Å². The number of halogens is 1. The summed E-state index contributed by atoms with van der Waals surface area (Å²) in [6.07, 6.45) is 0. The molecule has 0 spiro atoms. The lowest BCUT2D eigenvalue weighted by molar-refractivity contribution is -0.123. The van der Waals surface area contributed by atoms with E-state index in [4.69, 9.17) is 16.3 Å². The van der Waals surface area contributed by atoms with Crippen LogP contribution in [0.25, 0.3) is 0 Å². The van der Waals surface area contributed by atoms with E-state index in [1.807, 2.05) is 13.0 Å². The minimum atomic E-state index is -0.977. The lowest BCUT2D eigenvalue weighted by Gasteiger charge is -2.20. The zero-order chi connectivity index (χ0) is 21.4. The van der Waals surface area contributed by atoms with Crippen molar-refractivity contribution < 1.29 is 19.1 Å². The first-order valence-electron chi connectivity index (χ1n) is 9.14. The number of nitrogens with one attached hydrogen (secondary N) is 1. The minimum Gasteiger partial charge on any atom is -0.497 e. The molecule has 154 valence electrons. The Hall–Kier alpha value is -3.46. The summed E-state index contributed by atoms with van der Waals surface area (Å²) < 4.78 is 5.10. The summed E-state index contributed by atoms with van der Waals surface area (Å²) in [4.78, 5) is 39.2. The van der Waals surface area contributed by atoms with Crippen molar-refractivity contribution in [2.45, 2.75) is 19.0 Å². The van der Waals surface area contributed by atoms with Crippen LogP contribution in [0, 0.1) is 6.92 Å². The Morgan fingerprint density at radius 1 is 1.17 bits per heavy atom. The molecule has 0 bridgehead atoms. The van der Waals surface area contributed by atoms with E-state index in [2.05, 4.69) is 15.7 Å². The van der Waals surface area contributed by atoms with E-state index in [0.29, 0.717) is 22.1 Å². The highest BCUT2D eigenvalue weighted by Gasteiger charge is 2.55. The predicted octanol–water partition coefficient (Wildman–Crippen LogP) is 2.59. The zero-order valence-electron chi connectivity index (χ0n) is 16.2. The molecule has 4 rings (SSSR count). The maximum absolute atomic E-state index is 13.0. The molecule has 2 aliphatic heterocycles. The van der Waals surface area contributed by atoms with Gasteiger partial charge in [-0.05, 0) is 48.9 Å². The number of carbonyl (C=O) groups excluding carboxylic acids is 3. The maximum Gasteiger partial charge on any atom is 0.263 e. The number of amides is 3. The standard InChI is InChI=1S/C20H18ClN5O4/c1-11-3-8-15(14(21)9-11)22-16(27)10-25-18-17(23-24-25)19(28)26(20(18)29)12-4-6-13(30-2)7-5-12/h3-9,17-18H,10H2,1-2H3,(H,22,27). The van der Waals surface area contributed by atoms with Gasteiger partial charge >= 0.3 is 0 Å². The molecule has 0 saturated carbocycles. The van der Waals surface area contributed by atoms with Gasteiger partial charge in [-0.15, -0.1) is 0 Å². The monoisotopic (exact) mass is 427 g/mol. The number of rotatable bonds is 5. The first-order chi connectivity index (χ1) is 14.4. The van der Waals surface area contributed by atoms with E-state index in [-0.39, 0.29) is 6.54 Å². The van der Waals surface area contributed by atoms with Crippen LogP contribution in [-0.2, 0) is 14.4 Å². The van der Waals surface area contributed by atoms with Crippen molar-refractivity contribution in [3.8, 4) is 5.75 Å². The second-order valence-corrected chi connectivity index (χ2v) is 7.34. The van der Waals surface area contributed by atoms with E-state index in [9.17, 15) is 14.4 Å². The highest BCUT2D eigenvalue weighted by molar-refractivity contribution is 6.33. The normalized spacial score (nSPS) is 20.0. The molecular formula is C20H18ClN5O4. The lowest BCUT2D eigenvalue weighted by atomic mass is 10.1. The molecule has 2 aromatic rings. The number of hydrogen-bond donors (Lipinski definition) is 1. The van der Waals surface area contributed by atoms with Crippen LogP contribution in [0.5, 0.6) is 5.75 Å². The summed E-state index contributed by atoms with van der Waals surface area (Å²) >= 11 is 6.15. The number of nitrogens with zero attached hydrogens (tertiary/aromatic N) is 4. The van der Waals surface area contributed by atoms with Crippen LogP contribution in [0.4, 0.5) is 11.4 Å². The van der Waals surface area contributed by atoms with Crippen LogP contribution in [-0.4, -0.2) is 48.5 Å². The number of methoxy groups -OCH3 is 1. The zero-order valence-corrected chi connectivity index (χ0v) is 17.0. The van der Waals surface area contributed by atoms with Crippen LogP contribution in [0.15, 0.2) is 52.8 Å². The minimum absolute atomic E-state index is 0.246. The molecule has 9 nitrogen and oxygen atoms in total. The Labute approximate surface area is 177 Å². The molecule has 10 heteroatoms. The van der Waals surface area contributed by atoms with Crippen LogP contribution in [0.3, 0.4) is 0 Å². The Morgan fingerprint density at radius 3 is 2.57 bits per heavy atom. The lowest BCUT2D eigenvalue weighted by Crippen LogP contribution is -2.43. The van der Waals surface area contributed by atoms with Crippen LogP contribution < -0.4 is 15.0 Å². The second kappa shape index (κ2) is 7.75. The number of fused-ring (bicyclic) bond motifs is 1. The van der Waals surface area contributed by atoms with Crippen molar-refractivity contribution in [1.82, 2.24) is 5.01 Å². The van der Waals surface area contributed by atoms with Gasteiger partial charge in [0.1, 0.15) is 12.3 Å². The maximum atomic E-state index is 13.0. The molecule has 30 heavy (non-hydrogen) atoms. The molecule has 0 aliphatic carbocycles. The molecule has 1 saturated heterocycles. The molecule has 2 atom stereocenters. The predicted molar refractivity (Wildman–Crippen MR) is 109 cm³/mol. The van der Waals surface area contributed by atoms with Gasteiger partial charge in [0, 0.05) is 0 Å². The fraction of sp³-hybridized carbons (Fsp3) is 0.250. The molecule has 1 fully saturated rings. The van der Waals surface area contributed by atoms with Gasteiger partial charge in [0.25, 0.3) is 11.8 Å². The Bertz CT molecular complexity index is 1060. The first-order valence-corrected chi connectivity index (χ1v) is 9.52. The highest BCUT2D eigenvalue weighted by atomic mass is 35.5. The Balaban J connectivity index is 1.48. The van der Waals surface area contributed by atoms with Crippen LogP contribution >= 0.6 is 11.6 Å². The molecule has 3 amide bonds. The molecule has 1 N–H and O–H groups in total. The molecule has 2 aliphatic rings. The first kappa shape index (κ1) is 19.8. The molecule has 2 aromatic carbocycles. The second-order valence-electron chi connectivity index (χ2n) is 6.93. The molecule has 2 unspecified atom stereocenters. The number of carbonyl (C=O) groups is 3. The summed E-state index contributed by atoms with van der Waals surface area (Å²) in [5, 5.41) is 12.1. The Kier molecular flexibility index (Phi) is 5.13. The van der Waals surface area contributed by atoms with E-state index in [0.717, 1.165) is 10.5 Å². The number of imide groups is 1. The quantitative estimate of drug-likeness (QED) is 0.738. The summed E-state index contributed by atoms with van der Waals surface area (Å²) in [5.74, 6) is -0.793. The van der Waals surface area contributed by atoms with Crippen molar-refractivity contribution >= 4 is 40.7 Å². The fourth-order valence-electron chi connectivity index (χ4n) is 3.40. The molecule has 2 heterocycles. The van der Waals surface area contributed by atoms with Crippen molar-refractivity contribution in [3.05, 3.63) is 53.1 Å². The van der Waals surface area contributed by atoms with Crippen molar-refractivity contribution in [1.29, 1.82) is 0 Å². The summed E-state index contributed by atoms with van der Waals surface area (Å²) in [6.45, 7) is 1.64. The molecule has 0 aromatic heterocycles. The summed E-state index contributed by atoms with van der Waals surface area (Å²) in [5.41, 5.74) is 1.82. The average molecular weight is 428 g/mol. The number of aryl methyl sites for hydroxylation is 1. The van der Waals surface area contributed by atoms with Gasteiger partial charge < -0.3 is 10.1 Å². The van der Waals surface area contributed by atoms with E-state index in [1.165, 1.54) is 12.1 Å².